The van der Waals surface area contributed by atoms with Crippen LogP contribution < -0.4 is 5.32 Å². The number of hydrogen-bond donors (Lipinski definition) is 1. The minimum absolute atomic E-state index is 0.0157. The summed E-state index contributed by atoms with van der Waals surface area (Å²) in [6, 6.07) is 14.1. The fourth-order valence-corrected chi connectivity index (χ4v) is 5.93. The maximum absolute atomic E-state index is 13.4. The molecule has 0 spiro atoms. The summed E-state index contributed by atoms with van der Waals surface area (Å²) in [5.41, 5.74) is 1.30. The summed E-state index contributed by atoms with van der Waals surface area (Å²) in [4.78, 5) is 17.0. The Morgan fingerprint density at radius 3 is 2.66 bits per heavy atom. The summed E-state index contributed by atoms with van der Waals surface area (Å²) in [6.07, 6.45) is 0.726. The maximum atomic E-state index is 13.4. The minimum atomic E-state index is -3.81. The zero-order chi connectivity index (χ0) is 22.7. The molecule has 4 rings (SSSR count). The van der Waals surface area contributed by atoms with Crippen molar-refractivity contribution < 1.29 is 17.6 Å². The van der Waals surface area contributed by atoms with Crippen LogP contribution in [0.2, 0.25) is 0 Å². The molecular weight excluding hydrogens is 451 g/mol. The van der Waals surface area contributed by atoms with Gasteiger partial charge in [0.1, 0.15) is 11.9 Å². The number of aromatic nitrogens is 1. The van der Waals surface area contributed by atoms with Gasteiger partial charge in [0, 0.05) is 30.0 Å². The zero-order valence-corrected chi connectivity index (χ0v) is 18.5. The number of hydrogen-bond acceptors (Lipinski definition) is 6. The second-order valence-corrected chi connectivity index (χ2v) is 10.1. The van der Waals surface area contributed by atoms with Gasteiger partial charge in [0.15, 0.2) is 5.13 Å². The van der Waals surface area contributed by atoms with Gasteiger partial charge in [0.25, 0.3) is 0 Å². The molecule has 0 aliphatic carbocycles. The normalized spacial score (nSPS) is 15.2. The summed E-state index contributed by atoms with van der Waals surface area (Å²) in [6.45, 7) is 0.374. The molecule has 164 valence electrons. The highest BCUT2D eigenvalue weighted by atomic mass is 32.2. The number of nitrogens with one attached hydrogen (secondary N) is 1. The molecule has 32 heavy (non-hydrogen) atoms. The van der Waals surface area contributed by atoms with E-state index in [2.05, 4.69) is 10.3 Å². The third-order valence-electron chi connectivity index (χ3n) is 5.30. The van der Waals surface area contributed by atoms with E-state index in [1.165, 1.54) is 39.9 Å². The van der Waals surface area contributed by atoms with E-state index in [0.29, 0.717) is 29.2 Å². The number of nitrogens with zero attached hydrogens (tertiary/aromatic N) is 3. The molecule has 3 aromatic rings. The van der Waals surface area contributed by atoms with E-state index < -0.39 is 10.0 Å². The Balaban J connectivity index is 1.39. The van der Waals surface area contributed by atoms with E-state index in [4.69, 9.17) is 0 Å². The number of halogens is 1. The Morgan fingerprint density at radius 2 is 1.94 bits per heavy atom. The largest absolute Gasteiger partial charge is 0.302 e. The maximum Gasteiger partial charge on any atom is 0.244 e. The second kappa shape index (κ2) is 9.16. The lowest BCUT2D eigenvalue weighted by atomic mass is 9.97. The molecule has 0 unspecified atom stereocenters. The van der Waals surface area contributed by atoms with Crippen molar-refractivity contribution in [3.8, 4) is 17.3 Å². The first-order valence-electron chi connectivity index (χ1n) is 9.90. The van der Waals surface area contributed by atoms with Crippen LogP contribution in [0.4, 0.5) is 9.52 Å². The third kappa shape index (κ3) is 4.55. The molecule has 1 aliphatic rings. The highest BCUT2D eigenvalue weighted by molar-refractivity contribution is 7.89. The van der Waals surface area contributed by atoms with Crippen molar-refractivity contribution >= 4 is 32.4 Å². The zero-order valence-electron chi connectivity index (χ0n) is 16.9. The Hall–Kier alpha value is -3.13. The fraction of sp³-hybridized carbons (Fsp3) is 0.227. The number of amides is 1. The van der Waals surface area contributed by atoms with Gasteiger partial charge in [-0.2, -0.15) is 9.57 Å². The van der Waals surface area contributed by atoms with Gasteiger partial charge >= 0.3 is 0 Å². The van der Waals surface area contributed by atoms with Crippen LogP contribution in [-0.4, -0.2) is 36.7 Å². The Labute approximate surface area is 189 Å². The molecule has 1 aromatic heterocycles. The predicted octanol–water partition coefficient (Wildman–Crippen LogP) is 3.86. The van der Waals surface area contributed by atoms with Crippen molar-refractivity contribution in [3.63, 3.8) is 0 Å². The van der Waals surface area contributed by atoms with E-state index in [0.717, 1.165) is 0 Å². The number of sulfonamides is 1. The first-order valence-corrected chi connectivity index (χ1v) is 12.2. The van der Waals surface area contributed by atoms with Crippen molar-refractivity contribution in [2.24, 2.45) is 5.92 Å². The molecule has 1 amide bonds. The van der Waals surface area contributed by atoms with Crippen molar-refractivity contribution in [3.05, 3.63) is 65.3 Å². The van der Waals surface area contributed by atoms with Crippen molar-refractivity contribution in [2.45, 2.75) is 17.7 Å². The Morgan fingerprint density at radius 1 is 1.19 bits per heavy atom. The number of carbonyl (C=O) groups is 1. The van der Waals surface area contributed by atoms with Crippen LogP contribution >= 0.6 is 11.3 Å². The topological polar surface area (TPSA) is 103 Å². The van der Waals surface area contributed by atoms with E-state index in [-0.39, 0.29) is 41.2 Å². The van der Waals surface area contributed by atoms with Gasteiger partial charge in [-0.3, -0.25) is 4.79 Å². The number of carbonyl (C=O) groups excluding carboxylic acids is 1. The molecule has 10 heteroatoms. The molecule has 1 saturated heterocycles. The summed E-state index contributed by atoms with van der Waals surface area (Å²) >= 11 is 1.25. The predicted molar refractivity (Wildman–Crippen MR) is 119 cm³/mol. The molecule has 0 radical (unpaired) electrons. The average molecular weight is 471 g/mol. The van der Waals surface area contributed by atoms with E-state index in [1.807, 2.05) is 6.07 Å². The number of nitriles is 1. The van der Waals surface area contributed by atoms with Gasteiger partial charge in [-0.15, -0.1) is 11.3 Å². The summed E-state index contributed by atoms with van der Waals surface area (Å²) in [7, 11) is -3.81. The van der Waals surface area contributed by atoms with Gasteiger partial charge in [-0.25, -0.2) is 17.8 Å². The number of benzene rings is 2. The smallest absolute Gasteiger partial charge is 0.244 e. The number of thiazole rings is 1. The summed E-state index contributed by atoms with van der Waals surface area (Å²) < 4.78 is 40.6. The minimum Gasteiger partial charge on any atom is -0.302 e. The molecule has 7 nitrogen and oxygen atoms in total. The van der Waals surface area contributed by atoms with Gasteiger partial charge in [0.05, 0.1) is 16.2 Å². The highest BCUT2D eigenvalue weighted by Crippen LogP contribution is 2.28. The van der Waals surface area contributed by atoms with Gasteiger partial charge < -0.3 is 5.32 Å². The Bertz CT molecular complexity index is 1290. The van der Waals surface area contributed by atoms with Crippen LogP contribution in [0, 0.1) is 23.1 Å². The lowest BCUT2D eigenvalue weighted by Gasteiger charge is -2.30. The van der Waals surface area contributed by atoms with Crippen LogP contribution in [0.15, 0.2) is 58.8 Å². The van der Waals surface area contributed by atoms with Crippen LogP contribution in [0.1, 0.15) is 18.4 Å². The van der Waals surface area contributed by atoms with Gasteiger partial charge in [0.2, 0.25) is 15.9 Å². The first-order chi connectivity index (χ1) is 15.4. The van der Waals surface area contributed by atoms with Crippen LogP contribution in [0.5, 0.6) is 0 Å². The SMILES string of the molecule is N#Cc1ccccc1S(=O)(=O)N1CCC(C(=O)Nc2nc(-c3cccc(F)c3)cs2)CC1. The molecule has 0 saturated carbocycles. The molecule has 0 bridgehead atoms. The number of anilines is 1. The van der Waals surface area contributed by atoms with Crippen LogP contribution in [0.25, 0.3) is 11.3 Å². The first kappa shape index (κ1) is 22.1. The summed E-state index contributed by atoms with van der Waals surface area (Å²) in [5, 5.41) is 14.1. The Kier molecular flexibility index (Phi) is 6.32. The van der Waals surface area contributed by atoms with E-state index >= 15 is 0 Å². The second-order valence-electron chi connectivity index (χ2n) is 7.32. The molecule has 1 fully saturated rings. The average Bonchev–Trinajstić information content (AvgIpc) is 3.27. The lowest BCUT2D eigenvalue weighted by molar-refractivity contribution is -0.120. The van der Waals surface area contributed by atoms with Crippen LogP contribution in [0.3, 0.4) is 0 Å². The van der Waals surface area contributed by atoms with Crippen molar-refractivity contribution in [1.29, 1.82) is 5.26 Å². The fourth-order valence-electron chi connectivity index (χ4n) is 3.60. The van der Waals surface area contributed by atoms with Crippen LogP contribution in [-0.2, 0) is 14.8 Å². The summed E-state index contributed by atoms with van der Waals surface area (Å²) in [5.74, 6) is -0.936. The molecule has 2 aromatic carbocycles. The number of piperidine rings is 1. The molecule has 1 N–H and O–H groups in total. The van der Waals surface area contributed by atoms with Crippen molar-refractivity contribution in [1.82, 2.24) is 9.29 Å². The quantitative estimate of drug-likeness (QED) is 0.610. The molecule has 2 heterocycles. The molecular formula is C22H19FN4O3S2. The molecule has 1 aliphatic heterocycles. The monoisotopic (exact) mass is 470 g/mol. The molecule has 0 atom stereocenters. The van der Waals surface area contributed by atoms with Gasteiger partial charge in [-0.05, 0) is 37.1 Å². The van der Waals surface area contributed by atoms with Crippen molar-refractivity contribution in [2.75, 3.05) is 18.4 Å². The van der Waals surface area contributed by atoms with E-state index in [9.17, 15) is 22.9 Å². The van der Waals surface area contributed by atoms with Gasteiger partial charge in [-0.1, -0.05) is 24.3 Å². The standard InChI is InChI=1S/C22H19FN4O3S2/c23-18-6-3-5-16(12-18)19-14-31-22(25-19)26-21(28)15-8-10-27(11-9-15)32(29,30)20-7-2-1-4-17(20)13-24/h1-7,12,14-15H,8-11H2,(H,25,26,28). The third-order valence-corrected chi connectivity index (χ3v) is 8.02. The van der Waals surface area contributed by atoms with E-state index in [1.54, 1.807) is 29.6 Å². The highest BCUT2D eigenvalue weighted by Gasteiger charge is 2.33. The number of rotatable bonds is 5. The lowest BCUT2D eigenvalue weighted by Crippen LogP contribution is -2.41.